The molecule has 2 rings (SSSR count). The number of rotatable bonds is 5. The molecule has 1 heterocycles. The average molecular weight is 349 g/mol. The van der Waals surface area contributed by atoms with Gasteiger partial charge < -0.3 is 5.32 Å². The number of nitrogens with one attached hydrogen (secondary N) is 2. The monoisotopic (exact) mass is 348 g/mol. The van der Waals surface area contributed by atoms with E-state index in [1.165, 1.54) is 18.2 Å². The van der Waals surface area contributed by atoms with Crippen molar-refractivity contribution < 1.29 is 17.6 Å². The van der Waals surface area contributed by atoms with Crippen LogP contribution in [0, 0.1) is 5.82 Å². The van der Waals surface area contributed by atoms with Gasteiger partial charge in [0.2, 0.25) is 5.91 Å². The second-order valence-corrected chi connectivity index (χ2v) is 7.28. The van der Waals surface area contributed by atoms with Crippen molar-refractivity contribution in [2.24, 2.45) is 0 Å². The van der Waals surface area contributed by atoms with Crippen molar-refractivity contribution in [3.63, 3.8) is 0 Å². The second kappa shape index (κ2) is 6.52. The number of sulfonamides is 1. The number of benzene rings is 1. The summed E-state index contributed by atoms with van der Waals surface area (Å²) < 4.78 is 38.9. The first kappa shape index (κ1) is 15.9. The van der Waals surface area contributed by atoms with Crippen LogP contribution in [0.2, 0.25) is 5.02 Å². The van der Waals surface area contributed by atoms with Gasteiger partial charge in [-0.1, -0.05) is 17.7 Å². The van der Waals surface area contributed by atoms with E-state index >= 15 is 0 Å². The highest BCUT2D eigenvalue weighted by Crippen LogP contribution is 2.19. The van der Waals surface area contributed by atoms with Crippen LogP contribution < -0.4 is 10.0 Å². The third-order valence-corrected chi connectivity index (χ3v) is 5.47. The van der Waals surface area contributed by atoms with E-state index in [1.54, 1.807) is 11.4 Å². The first-order chi connectivity index (χ1) is 9.88. The van der Waals surface area contributed by atoms with Crippen molar-refractivity contribution in [3.05, 3.63) is 46.6 Å². The van der Waals surface area contributed by atoms with Gasteiger partial charge in [-0.25, -0.2) is 17.5 Å². The molecule has 0 radical (unpaired) electrons. The molecule has 0 saturated heterocycles. The molecule has 0 aliphatic carbocycles. The molecule has 9 heteroatoms. The molecule has 0 aliphatic heterocycles. The highest BCUT2D eigenvalue weighted by Gasteiger charge is 2.16. The lowest BCUT2D eigenvalue weighted by atomic mass is 10.3. The highest BCUT2D eigenvalue weighted by atomic mass is 35.5. The van der Waals surface area contributed by atoms with Crippen molar-refractivity contribution in [2.75, 3.05) is 11.9 Å². The number of anilines is 1. The highest BCUT2D eigenvalue weighted by molar-refractivity contribution is 7.91. The Labute approximate surface area is 129 Å². The fraction of sp³-hybridized carbons (Fsp3) is 0.0833. The molecule has 0 spiro atoms. The van der Waals surface area contributed by atoms with Crippen molar-refractivity contribution in [1.82, 2.24) is 4.72 Å². The maximum absolute atomic E-state index is 13.0. The van der Waals surface area contributed by atoms with Gasteiger partial charge in [0.05, 0.1) is 11.6 Å². The zero-order valence-electron chi connectivity index (χ0n) is 10.5. The summed E-state index contributed by atoms with van der Waals surface area (Å²) in [6.07, 6.45) is 0. The van der Waals surface area contributed by atoms with Crippen LogP contribution in [0.15, 0.2) is 39.9 Å². The van der Waals surface area contributed by atoms with Crippen LogP contribution in [0.5, 0.6) is 0 Å². The van der Waals surface area contributed by atoms with Crippen molar-refractivity contribution in [1.29, 1.82) is 0 Å². The summed E-state index contributed by atoms with van der Waals surface area (Å²) >= 11 is 6.63. The summed E-state index contributed by atoms with van der Waals surface area (Å²) in [5.74, 6) is -1.19. The molecule has 0 saturated carbocycles. The number of halogens is 2. The van der Waals surface area contributed by atoms with Gasteiger partial charge in [0.25, 0.3) is 10.0 Å². The van der Waals surface area contributed by atoms with Crippen molar-refractivity contribution in [2.45, 2.75) is 4.21 Å². The average Bonchev–Trinajstić information content (AvgIpc) is 2.96. The maximum Gasteiger partial charge on any atom is 0.250 e. The Balaban J connectivity index is 1.95. The van der Waals surface area contributed by atoms with Crippen LogP contribution in [0.25, 0.3) is 0 Å². The summed E-state index contributed by atoms with van der Waals surface area (Å²) in [5, 5.41) is 3.90. The summed E-state index contributed by atoms with van der Waals surface area (Å²) in [4.78, 5) is 11.7. The summed E-state index contributed by atoms with van der Waals surface area (Å²) in [6, 6.07) is 6.70. The predicted molar refractivity (Wildman–Crippen MR) is 79.5 cm³/mol. The Hall–Kier alpha value is -1.48. The fourth-order valence-corrected chi connectivity index (χ4v) is 3.63. The Morgan fingerprint density at radius 2 is 2.10 bits per heavy atom. The molecule has 1 amide bonds. The molecule has 2 N–H and O–H groups in total. The molecular weight excluding hydrogens is 339 g/mol. The third-order valence-electron chi connectivity index (χ3n) is 2.39. The Kier molecular flexibility index (Phi) is 4.94. The lowest BCUT2D eigenvalue weighted by Gasteiger charge is -2.07. The number of amides is 1. The number of hydrogen-bond acceptors (Lipinski definition) is 4. The third kappa shape index (κ3) is 4.24. The van der Waals surface area contributed by atoms with Gasteiger partial charge in [-0.15, -0.1) is 11.3 Å². The topological polar surface area (TPSA) is 75.3 Å². The summed E-state index contributed by atoms with van der Waals surface area (Å²) in [5.41, 5.74) is 0.279. The van der Waals surface area contributed by atoms with Gasteiger partial charge in [-0.2, -0.15) is 0 Å². The smallest absolute Gasteiger partial charge is 0.250 e. The first-order valence-electron chi connectivity index (χ1n) is 5.66. The molecule has 112 valence electrons. The maximum atomic E-state index is 13.0. The summed E-state index contributed by atoms with van der Waals surface area (Å²) in [7, 11) is -3.70. The molecular formula is C12H10ClFN2O3S2. The normalized spacial score (nSPS) is 11.3. The van der Waals surface area contributed by atoms with E-state index in [2.05, 4.69) is 10.0 Å². The van der Waals surface area contributed by atoms with Gasteiger partial charge in [-0.3, -0.25) is 4.79 Å². The molecule has 0 atom stereocenters. The van der Waals surface area contributed by atoms with Gasteiger partial charge in [0.15, 0.2) is 0 Å². The fourth-order valence-electron chi connectivity index (χ4n) is 1.43. The van der Waals surface area contributed by atoms with E-state index in [4.69, 9.17) is 11.6 Å². The minimum atomic E-state index is -3.70. The molecule has 5 nitrogen and oxygen atoms in total. The van der Waals surface area contributed by atoms with Crippen LogP contribution in [0.3, 0.4) is 0 Å². The lowest BCUT2D eigenvalue weighted by Crippen LogP contribution is -2.32. The van der Waals surface area contributed by atoms with E-state index in [1.807, 2.05) is 0 Å². The summed E-state index contributed by atoms with van der Waals surface area (Å²) in [6.45, 7) is -0.435. The molecule has 1 aromatic carbocycles. The van der Waals surface area contributed by atoms with Crippen molar-refractivity contribution in [3.8, 4) is 0 Å². The van der Waals surface area contributed by atoms with Crippen LogP contribution in [0.1, 0.15) is 0 Å². The Bertz CT molecular complexity index is 748. The Morgan fingerprint density at radius 1 is 1.33 bits per heavy atom. The largest absolute Gasteiger partial charge is 0.325 e. The number of carbonyl (C=O) groups excluding carboxylic acids is 1. The number of hydrogen-bond donors (Lipinski definition) is 2. The predicted octanol–water partition coefficient (Wildman–Crippen LogP) is 2.46. The number of carbonyl (C=O) groups is 1. The molecule has 0 aliphatic rings. The zero-order chi connectivity index (χ0) is 15.5. The Morgan fingerprint density at radius 3 is 2.71 bits per heavy atom. The van der Waals surface area contributed by atoms with E-state index < -0.39 is 28.3 Å². The number of thiophene rings is 1. The van der Waals surface area contributed by atoms with E-state index in [-0.39, 0.29) is 14.9 Å². The van der Waals surface area contributed by atoms with E-state index in [9.17, 15) is 17.6 Å². The van der Waals surface area contributed by atoms with Crippen LogP contribution >= 0.6 is 22.9 Å². The second-order valence-electron chi connectivity index (χ2n) is 3.93. The van der Waals surface area contributed by atoms with E-state index in [0.29, 0.717) is 0 Å². The van der Waals surface area contributed by atoms with Gasteiger partial charge in [0.1, 0.15) is 10.0 Å². The molecule has 21 heavy (non-hydrogen) atoms. The molecule has 2 aromatic rings. The van der Waals surface area contributed by atoms with Crippen LogP contribution in [0.4, 0.5) is 10.1 Å². The zero-order valence-corrected chi connectivity index (χ0v) is 12.9. The van der Waals surface area contributed by atoms with Crippen molar-refractivity contribution >= 4 is 44.6 Å². The minimum Gasteiger partial charge on any atom is -0.325 e. The standard InChI is InChI=1S/C12H10ClFN2O3S2/c13-9-6-8(3-4-10(9)14)16-11(17)7-15-21(18,19)12-2-1-5-20-12/h1-6,15H,7H2,(H,16,17). The van der Waals surface area contributed by atoms with Gasteiger partial charge in [0, 0.05) is 5.69 Å². The minimum absolute atomic E-state index is 0.125. The van der Waals surface area contributed by atoms with E-state index in [0.717, 1.165) is 17.4 Å². The van der Waals surface area contributed by atoms with Gasteiger partial charge >= 0.3 is 0 Å². The van der Waals surface area contributed by atoms with Crippen LogP contribution in [-0.2, 0) is 14.8 Å². The molecule has 0 fully saturated rings. The molecule has 0 unspecified atom stereocenters. The van der Waals surface area contributed by atoms with Crippen LogP contribution in [-0.4, -0.2) is 20.9 Å². The SMILES string of the molecule is O=C(CNS(=O)(=O)c1cccs1)Nc1ccc(F)c(Cl)c1. The molecule has 1 aromatic heterocycles. The van der Waals surface area contributed by atoms with Gasteiger partial charge in [-0.05, 0) is 29.6 Å². The lowest BCUT2D eigenvalue weighted by molar-refractivity contribution is -0.115. The molecule has 0 bridgehead atoms. The first-order valence-corrected chi connectivity index (χ1v) is 8.40. The quantitative estimate of drug-likeness (QED) is 0.871.